The lowest BCUT2D eigenvalue weighted by atomic mass is 9.91. The number of nitrogens with one attached hydrogen (secondary N) is 2. The predicted molar refractivity (Wildman–Crippen MR) is 117 cm³/mol. The van der Waals surface area contributed by atoms with Crippen molar-refractivity contribution in [3.8, 4) is 6.07 Å². The largest absolute Gasteiger partial charge is 0.326 e. The summed E-state index contributed by atoms with van der Waals surface area (Å²) in [6.07, 6.45) is 8.17. The minimum absolute atomic E-state index is 0.150. The standard InChI is InChI=1S/C23H28N6O/c1-28-9-11-29(12-10-28)16-17-7-8-21(20(13-17)18-5-3-2-4-6-18)27-23(30)22-25-15-19(14-24)26-22/h5,7-8,13,15H,2-4,6,9-12,16H2,1H3,(H,25,26)(H,27,30). The lowest BCUT2D eigenvalue weighted by Crippen LogP contribution is -2.43. The van der Waals surface area contributed by atoms with E-state index in [2.05, 4.69) is 50.3 Å². The lowest BCUT2D eigenvalue weighted by Gasteiger charge is -2.32. The van der Waals surface area contributed by atoms with E-state index in [0.717, 1.165) is 56.8 Å². The SMILES string of the molecule is CN1CCN(Cc2ccc(NC(=O)c3ncc(C#N)[nH]3)c(C3=CCCCC3)c2)CC1. The van der Waals surface area contributed by atoms with Crippen molar-refractivity contribution in [3.63, 3.8) is 0 Å². The van der Waals surface area contributed by atoms with E-state index in [9.17, 15) is 4.79 Å². The predicted octanol–water partition coefficient (Wildman–Crippen LogP) is 3.24. The molecule has 1 fully saturated rings. The molecule has 0 radical (unpaired) electrons. The number of allylic oxidation sites excluding steroid dienone is 2. The Kier molecular flexibility index (Phi) is 6.26. The minimum Gasteiger partial charge on any atom is -0.326 e. The Balaban J connectivity index is 1.56. The summed E-state index contributed by atoms with van der Waals surface area (Å²) in [6, 6.07) is 8.30. The number of likely N-dealkylation sites (N-methyl/N-ethyl adjacent to an activating group) is 1. The Bertz CT molecular complexity index is 978. The van der Waals surface area contributed by atoms with Gasteiger partial charge in [0.2, 0.25) is 0 Å². The Morgan fingerprint density at radius 2 is 2.10 bits per heavy atom. The molecule has 7 heteroatoms. The van der Waals surface area contributed by atoms with E-state index >= 15 is 0 Å². The van der Waals surface area contributed by atoms with Crippen molar-refractivity contribution in [2.75, 3.05) is 38.5 Å². The van der Waals surface area contributed by atoms with E-state index in [4.69, 9.17) is 5.26 Å². The second kappa shape index (κ2) is 9.24. The van der Waals surface area contributed by atoms with Crippen LogP contribution in [0.5, 0.6) is 0 Å². The molecular formula is C23H28N6O. The third-order valence-electron chi connectivity index (χ3n) is 5.88. The molecule has 1 aromatic heterocycles. The summed E-state index contributed by atoms with van der Waals surface area (Å²) < 4.78 is 0. The van der Waals surface area contributed by atoms with Crippen molar-refractivity contribution in [3.05, 3.63) is 53.1 Å². The molecule has 4 rings (SSSR count). The van der Waals surface area contributed by atoms with Crippen molar-refractivity contribution >= 4 is 17.2 Å². The number of aromatic amines is 1. The number of imidazole rings is 1. The van der Waals surface area contributed by atoms with Gasteiger partial charge in [0, 0.05) is 44.0 Å². The van der Waals surface area contributed by atoms with E-state index in [-0.39, 0.29) is 17.4 Å². The molecule has 1 aromatic carbocycles. The molecule has 2 N–H and O–H groups in total. The van der Waals surface area contributed by atoms with Crippen LogP contribution >= 0.6 is 0 Å². The van der Waals surface area contributed by atoms with Crippen LogP contribution in [0.3, 0.4) is 0 Å². The smallest absolute Gasteiger partial charge is 0.291 e. The first kappa shape index (κ1) is 20.3. The molecule has 1 saturated heterocycles. The third-order valence-corrected chi connectivity index (χ3v) is 5.88. The van der Waals surface area contributed by atoms with E-state index in [1.54, 1.807) is 0 Å². The molecule has 156 valence electrons. The van der Waals surface area contributed by atoms with Crippen LogP contribution < -0.4 is 5.32 Å². The fraction of sp³-hybridized carbons (Fsp3) is 0.435. The zero-order valence-electron chi connectivity index (χ0n) is 17.4. The molecule has 2 aliphatic rings. The van der Waals surface area contributed by atoms with Crippen LogP contribution in [0.2, 0.25) is 0 Å². The average molecular weight is 405 g/mol. The quantitative estimate of drug-likeness (QED) is 0.799. The maximum atomic E-state index is 12.7. The van der Waals surface area contributed by atoms with Gasteiger partial charge in [0.15, 0.2) is 5.82 Å². The Hall–Kier alpha value is -2.95. The molecule has 7 nitrogen and oxygen atoms in total. The van der Waals surface area contributed by atoms with Crippen molar-refractivity contribution in [2.45, 2.75) is 32.2 Å². The molecule has 0 saturated carbocycles. The van der Waals surface area contributed by atoms with Gasteiger partial charge >= 0.3 is 0 Å². The minimum atomic E-state index is -0.332. The summed E-state index contributed by atoms with van der Waals surface area (Å²) in [5.74, 6) is -0.183. The fourth-order valence-electron chi connectivity index (χ4n) is 4.09. The second-order valence-corrected chi connectivity index (χ2v) is 8.15. The first-order valence-corrected chi connectivity index (χ1v) is 10.6. The van der Waals surface area contributed by atoms with Gasteiger partial charge in [-0.05, 0) is 56.0 Å². The Labute approximate surface area is 177 Å². The summed E-state index contributed by atoms with van der Waals surface area (Å²) in [5.41, 5.74) is 4.74. The summed E-state index contributed by atoms with van der Waals surface area (Å²) in [4.78, 5) is 24.3. The van der Waals surface area contributed by atoms with Crippen LogP contribution in [-0.2, 0) is 6.54 Å². The summed E-state index contributed by atoms with van der Waals surface area (Å²) >= 11 is 0. The maximum absolute atomic E-state index is 12.7. The summed E-state index contributed by atoms with van der Waals surface area (Å²) in [5, 5.41) is 11.9. The summed E-state index contributed by atoms with van der Waals surface area (Å²) in [7, 11) is 2.17. The van der Waals surface area contributed by atoms with Crippen LogP contribution in [0, 0.1) is 11.3 Å². The first-order chi connectivity index (χ1) is 14.6. The highest BCUT2D eigenvalue weighted by molar-refractivity contribution is 6.03. The van der Waals surface area contributed by atoms with Gasteiger partial charge in [0.1, 0.15) is 11.8 Å². The number of benzene rings is 1. The molecule has 1 aliphatic heterocycles. The van der Waals surface area contributed by atoms with Crippen LogP contribution in [0.15, 0.2) is 30.5 Å². The Morgan fingerprint density at radius 1 is 1.27 bits per heavy atom. The fourth-order valence-corrected chi connectivity index (χ4v) is 4.09. The molecule has 2 heterocycles. The van der Waals surface area contributed by atoms with E-state index in [1.165, 1.54) is 30.2 Å². The van der Waals surface area contributed by atoms with Gasteiger partial charge in [-0.15, -0.1) is 0 Å². The molecule has 0 atom stereocenters. The number of carbonyl (C=O) groups excluding carboxylic acids is 1. The number of anilines is 1. The highest BCUT2D eigenvalue weighted by atomic mass is 16.2. The molecule has 30 heavy (non-hydrogen) atoms. The topological polar surface area (TPSA) is 88.0 Å². The van der Waals surface area contributed by atoms with Crippen molar-refractivity contribution in [1.82, 2.24) is 19.8 Å². The van der Waals surface area contributed by atoms with Gasteiger partial charge in [0.05, 0.1) is 6.20 Å². The molecule has 0 bridgehead atoms. The number of rotatable bonds is 5. The first-order valence-electron chi connectivity index (χ1n) is 10.6. The van der Waals surface area contributed by atoms with Crippen molar-refractivity contribution in [1.29, 1.82) is 5.26 Å². The zero-order chi connectivity index (χ0) is 20.9. The van der Waals surface area contributed by atoms with Gasteiger partial charge in [-0.3, -0.25) is 9.69 Å². The van der Waals surface area contributed by atoms with E-state index in [0.29, 0.717) is 0 Å². The normalized spacial score (nSPS) is 17.9. The zero-order valence-corrected chi connectivity index (χ0v) is 17.4. The number of amides is 1. The summed E-state index contributed by atoms with van der Waals surface area (Å²) in [6.45, 7) is 5.27. The van der Waals surface area contributed by atoms with Gasteiger partial charge in [0.25, 0.3) is 5.91 Å². The van der Waals surface area contributed by atoms with Gasteiger partial charge in [-0.2, -0.15) is 5.26 Å². The number of aromatic nitrogens is 2. The number of piperazine rings is 1. The molecule has 2 aromatic rings. The monoisotopic (exact) mass is 404 g/mol. The number of hydrogen-bond donors (Lipinski definition) is 2. The molecule has 1 aliphatic carbocycles. The maximum Gasteiger partial charge on any atom is 0.291 e. The lowest BCUT2D eigenvalue weighted by molar-refractivity contribution is 0.101. The van der Waals surface area contributed by atoms with E-state index in [1.807, 2.05) is 12.1 Å². The van der Waals surface area contributed by atoms with Gasteiger partial charge in [-0.25, -0.2) is 4.98 Å². The number of nitriles is 1. The second-order valence-electron chi connectivity index (χ2n) is 8.15. The Morgan fingerprint density at radius 3 is 2.80 bits per heavy atom. The van der Waals surface area contributed by atoms with Crippen LogP contribution in [0.25, 0.3) is 5.57 Å². The van der Waals surface area contributed by atoms with Crippen LogP contribution in [0.1, 0.15) is 53.1 Å². The molecule has 0 spiro atoms. The number of carbonyl (C=O) groups is 1. The van der Waals surface area contributed by atoms with Crippen LogP contribution in [-0.4, -0.2) is 58.9 Å². The molecular weight excluding hydrogens is 376 g/mol. The van der Waals surface area contributed by atoms with E-state index < -0.39 is 0 Å². The molecule has 0 unspecified atom stereocenters. The van der Waals surface area contributed by atoms with Gasteiger partial charge in [-0.1, -0.05) is 12.1 Å². The number of H-pyrrole nitrogens is 1. The number of nitrogens with zero attached hydrogens (tertiary/aromatic N) is 4. The average Bonchev–Trinajstić information content (AvgIpc) is 3.26. The van der Waals surface area contributed by atoms with Crippen LogP contribution in [0.4, 0.5) is 5.69 Å². The molecule has 1 amide bonds. The van der Waals surface area contributed by atoms with Crippen molar-refractivity contribution in [2.24, 2.45) is 0 Å². The highest BCUT2D eigenvalue weighted by Gasteiger charge is 2.18. The highest BCUT2D eigenvalue weighted by Crippen LogP contribution is 2.33. The number of hydrogen-bond acceptors (Lipinski definition) is 5. The van der Waals surface area contributed by atoms with Crippen molar-refractivity contribution < 1.29 is 4.79 Å². The van der Waals surface area contributed by atoms with Gasteiger partial charge < -0.3 is 15.2 Å². The third kappa shape index (κ3) is 4.78.